The molecule has 3 heterocycles. The number of nitrogens with zero attached hydrogens (tertiary/aromatic N) is 1. The van der Waals surface area contributed by atoms with E-state index in [9.17, 15) is 13.2 Å². The van der Waals surface area contributed by atoms with Crippen LogP contribution in [0.3, 0.4) is 0 Å². The molecule has 0 aromatic heterocycles. The van der Waals surface area contributed by atoms with Crippen LogP contribution in [0.2, 0.25) is 10.0 Å². The molecule has 1 atom stereocenters. The topological polar surface area (TPSA) is 72.9 Å². The van der Waals surface area contributed by atoms with E-state index >= 15 is 0 Å². The molecule has 0 bridgehead atoms. The Hall–Kier alpha value is -2.06. The maximum absolute atomic E-state index is 13.0. The van der Waals surface area contributed by atoms with Crippen molar-refractivity contribution in [1.82, 2.24) is 4.90 Å². The van der Waals surface area contributed by atoms with Crippen molar-refractivity contribution in [2.24, 2.45) is 0 Å². The van der Waals surface area contributed by atoms with Gasteiger partial charge in [0.2, 0.25) is 5.78 Å². The van der Waals surface area contributed by atoms with Gasteiger partial charge >= 0.3 is 0 Å². The van der Waals surface area contributed by atoms with Gasteiger partial charge in [-0.1, -0.05) is 29.3 Å². The second-order valence-electron chi connectivity index (χ2n) is 8.06. The average molecular weight is 480 g/mol. The van der Waals surface area contributed by atoms with E-state index in [4.69, 9.17) is 32.7 Å². The molecule has 2 aromatic rings. The summed E-state index contributed by atoms with van der Waals surface area (Å²) in [5, 5.41) is 0.832. The summed E-state index contributed by atoms with van der Waals surface area (Å²) >= 11 is 12.0. The number of rotatable bonds is 2. The fourth-order valence-electron chi connectivity index (χ4n) is 4.32. The van der Waals surface area contributed by atoms with Gasteiger partial charge in [-0.05, 0) is 43.2 Å². The Morgan fingerprint density at radius 3 is 2.68 bits per heavy atom. The fourth-order valence-corrected chi connectivity index (χ4v) is 6.39. The van der Waals surface area contributed by atoms with Crippen LogP contribution in [0.5, 0.6) is 11.5 Å². The number of fused-ring (bicyclic) bond motifs is 2. The zero-order valence-corrected chi connectivity index (χ0v) is 19.0. The molecule has 0 N–H and O–H groups in total. The Bertz CT molecular complexity index is 1260. The van der Waals surface area contributed by atoms with Crippen molar-refractivity contribution < 1.29 is 22.7 Å². The third-order valence-electron chi connectivity index (χ3n) is 5.93. The average Bonchev–Trinajstić information content (AvgIpc) is 3.25. The Kier molecular flexibility index (Phi) is 5.05. The van der Waals surface area contributed by atoms with E-state index in [1.807, 2.05) is 11.8 Å². The van der Waals surface area contributed by atoms with E-state index in [0.29, 0.717) is 52.4 Å². The highest BCUT2D eigenvalue weighted by Crippen LogP contribution is 2.43. The Morgan fingerprint density at radius 1 is 1.16 bits per heavy atom. The molecule has 6 nitrogen and oxygen atoms in total. The number of halogens is 2. The molecule has 0 saturated carbocycles. The minimum absolute atomic E-state index is 0.0660. The highest BCUT2D eigenvalue weighted by atomic mass is 35.5. The predicted octanol–water partition coefficient (Wildman–Crippen LogP) is 4.26. The van der Waals surface area contributed by atoms with Crippen LogP contribution in [0.25, 0.3) is 6.08 Å². The maximum Gasteiger partial charge on any atom is 0.231 e. The number of Topliss-reactive ketones (excluding diaryl/α,β-unsaturated/α-hetero) is 1. The standard InChI is InChI=1S/C22H19Cl2NO5S/c1-12-21-14(9-25(11-29-21)15-4-5-31(27,28)10-15)8-16-20(26)19(30-22(12)16)7-13-2-3-17(23)18(24)6-13/h2-3,6-8,15H,4-5,9-11H2,1H3/b19-7-. The first kappa shape index (κ1) is 20.8. The molecule has 2 aromatic carbocycles. The number of hydrogen-bond acceptors (Lipinski definition) is 6. The number of benzene rings is 2. The van der Waals surface area contributed by atoms with Crippen LogP contribution in [0.4, 0.5) is 0 Å². The fraction of sp³-hybridized carbons (Fsp3) is 0.318. The summed E-state index contributed by atoms with van der Waals surface area (Å²) in [6, 6.07) is 6.83. The molecule has 0 amide bonds. The summed E-state index contributed by atoms with van der Waals surface area (Å²) in [5.41, 5.74) is 2.81. The van der Waals surface area contributed by atoms with Crippen molar-refractivity contribution >= 4 is 44.9 Å². The minimum Gasteiger partial charge on any atom is -0.477 e. The van der Waals surface area contributed by atoms with Crippen molar-refractivity contribution in [3.05, 3.63) is 62.3 Å². The molecular weight excluding hydrogens is 461 g/mol. The number of ketones is 1. The normalized spacial score (nSPS) is 23.4. The lowest BCUT2D eigenvalue weighted by atomic mass is 9.99. The van der Waals surface area contributed by atoms with Gasteiger partial charge in [0.1, 0.15) is 18.2 Å². The van der Waals surface area contributed by atoms with Crippen LogP contribution in [0.1, 0.15) is 33.5 Å². The zero-order chi connectivity index (χ0) is 21.9. The van der Waals surface area contributed by atoms with E-state index in [0.717, 1.165) is 11.1 Å². The van der Waals surface area contributed by atoms with E-state index in [-0.39, 0.29) is 29.1 Å². The van der Waals surface area contributed by atoms with E-state index < -0.39 is 9.84 Å². The molecule has 3 aliphatic heterocycles. The van der Waals surface area contributed by atoms with Crippen molar-refractivity contribution in [3.8, 4) is 11.5 Å². The molecule has 1 fully saturated rings. The zero-order valence-electron chi connectivity index (χ0n) is 16.7. The first-order valence-electron chi connectivity index (χ1n) is 9.85. The summed E-state index contributed by atoms with van der Waals surface area (Å²) in [7, 11) is -2.99. The van der Waals surface area contributed by atoms with Crippen LogP contribution < -0.4 is 9.47 Å². The number of ether oxygens (including phenoxy) is 2. The van der Waals surface area contributed by atoms with Crippen LogP contribution in [0.15, 0.2) is 30.0 Å². The van der Waals surface area contributed by atoms with Gasteiger partial charge < -0.3 is 9.47 Å². The SMILES string of the molecule is Cc1c2c(cc3c1O/C(=C\c1ccc(Cl)c(Cl)c1)C3=O)CN(C1CCS(=O)(=O)C1)CO2. The number of carbonyl (C=O) groups excluding carboxylic acids is 1. The molecule has 1 unspecified atom stereocenters. The van der Waals surface area contributed by atoms with Gasteiger partial charge in [-0.3, -0.25) is 9.69 Å². The Balaban J connectivity index is 1.45. The molecule has 0 spiro atoms. The quantitative estimate of drug-likeness (QED) is 0.599. The third kappa shape index (κ3) is 3.74. The van der Waals surface area contributed by atoms with E-state index in [1.165, 1.54) is 0 Å². The van der Waals surface area contributed by atoms with Crippen molar-refractivity contribution in [3.63, 3.8) is 0 Å². The number of hydrogen-bond donors (Lipinski definition) is 0. The first-order valence-corrected chi connectivity index (χ1v) is 12.4. The van der Waals surface area contributed by atoms with Crippen LogP contribution in [-0.4, -0.2) is 43.4 Å². The number of carbonyl (C=O) groups is 1. The van der Waals surface area contributed by atoms with Crippen molar-refractivity contribution in [1.29, 1.82) is 0 Å². The van der Waals surface area contributed by atoms with E-state index in [2.05, 4.69) is 0 Å². The van der Waals surface area contributed by atoms with Gasteiger partial charge in [-0.15, -0.1) is 0 Å². The van der Waals surface area contributed by atoms with Gasteiger partial charge in [-0.2, -0.15) is 0 Å². The minimum atomic E-state index is -2.99. The van der Waals surface area contributed by atoms with Gasteiger partial charge in [-0.25, -0.2) is 8.42 Å². The Morgan fingerprint density at radius 2 is 1.97 bits per heavy atom. The molecule has 0 aliphatic carbocycles. The molecule has 31 heavy (non-hydrogen) atoms. The summed E-state index contributed by atoms with van der Waals surface area (Å²) in [5.74, 6) is 1.53. The third-order valence-corrected chi connectivity index (χ3v) is 8.42. The lowest BCUT2D eigenvalue weighted by Gasteiger charge is -2.33. The lowest BCUT2D eigenvalue weighted by molar-refractivity contribution is 0.0637. The van der Waals surface area contributed by atoms with Crippen LogP contribution >= 0.6 is 23.2 Å². The van der Waals surface area contributed by atoms with Gasteiger partial charge in [0.25, 0.3) is 0 Å². The lowest BCUT2D eigenvalue weighted by Crippen LogP contribution is -2.41. The largest absolute Gasteiger partial charge is 0.477 e. The second kappa shape index (κ2) is 7.52. The smallest absolute Gasteiger partial charge is 0.231 e. The van der Waals surface area contributed by atoms with Gasteiger partial charge in [0.05, 0.1) is 27.1 Å². The highest BCUT2D eigenvalue weighted by Gasteiger charge is 2.37. The highest BCUT2D eigenvalue weighted by molar-refractivity contribution is 7.91. The molecule has 0 radical (unpaired) electrons. The van der Waals surface area contributed by atoms with E-state index in [1.54, 1.807) is 30.3 Å². The van der Waals surface area contributed by atoms with Crippen molar-refractivity contribution in [2.75, 3.05) is 18.2 Å². The molecule has 9 heteroatoms. The predicted molar refractivity (Wildman–Crippen MR) is 119 cm³/mol. The molecule has 5 rings (SSSR count). The summed E-state index contributed by atoms with van der Waals surface area (Å²) in [6.45, 7) is 2.71. The van der Waals surface area contributed by atoms with Gasteiger partial charge in [0.15, 0.2) is 15.6 Å². The summed E-state index contributed by atoms with van der Waals surface area (Å²) in [4.78, 5) is 15.0. The van der Waals surface area contributed by atoms with Crippen molar-refractivity contribution in [2.45, 2.75) is 25.9 Å². The number of allylic oxidation sites excluding steroid dienone is 1. The first-order chi connectivity index (χ1) is 14.7. The van der Waals surface area contributed by atoms with Crippen LogP contribution in [-0.2, 0) is 16.4 Å². The Labute approximate surface area is 190 Å². The molecule has 1 saturated heterocycles. The maximum atomic E-state index is 13.0. The summed E-state index contributed by atoms with van der Waals surface area (Å²) in [6.07, 6.45) is 2.24. The second-order valence-corrected chi connectivity index (χ2v) is 11.1. The summed E-state index contributed by atoms with van der Waals surface area (Å²) < 4.78 is 35.6. The van der Waals surface area contributed by atoms with Crippen LogP contribution in [0, 0.1) is 6.92 Å². The molecule has 3 aliphatic rings. The number of sulfone groups is 1. The monoisotopic (exact) mass is 479 g/mol. The van der Waals surface area contributed by atoms with Gasteiger partial charge in [0, 0.05) is 23.7 Å². The molecule has 162 valence electrons. The molecular formula is C22H19Cl2NO5S.